The van der Waals surface area contributed by atoms with Crippen molar-refractivity contribution in [3.8, 4) is 0 Å². The standard InChI is InChI=1S/C12H15NO4S2/c1-19(15,16)18-8-7-13-11(9-17-12(13)14)10-5-3-2-4-6-10/h2-6,11H,7-9H2,1H3/t11-/m1/s1. The molecule has 1 aromatic carbocycles. The quantitative estimate of drug-likeness (QED) is 0.777. The van der Waals surface area contributed by atoms with Crippen molar-refractivity contribution >= 4 is 25.8 Å². The molecule has 5 nitrogen and oxygen atoms in total. The zero-order valence-electron chi connectivity index (χ0n) is 10.5. The summed E-state index contributed by atoms with van der Waals surface area (Å²) in [5.74, 6) is 0.345. The van der Waals surface area contributed by atoms with Crippen molar-refractivity contribution in [2.45, 2.75) is 6.04 Å². The summed E-state index contributed by atoms with van der Waals surface area (Å²) in [4.78, 5) is 13.2. The molecule has 0 aliphatic carbocycles. The van der Waals surface area contributed by atoms with Crippen molar-refractivity contribution in [1.82, 2.24) is 4.90 Å². The molecule has 0 bridgehead atoms. The second-order valence-corrected chi connectivity index (χ2v) is 8.80. The van der Waals surface area contributed by atoms with Crippen LogP contribution in [-0.4, -0.2) is 44.6 Å². The van der Waals surface area contributed by atoms with Crippen molar-refractivity contribution in [2.24, 2.45) is 0 Å². The third kappa shape index (κ3) is 3.87. The Kier molecular flexibility index (Phi) is 4.36. The van der Waals surface area contributed by atoms with Gasteiger partial charge in [-0.1, -0.05) is 30.3 Å². The first-order valence-electron chi connectivity index (χ1n) is 5.80. The van der Waals surface area contributed by atoms with E-state index in [1.807, 2.05) is 30.3 Å². The molecule has 7 heteroatoms. The summed E-state index contributed by atoms with van der Waals surface area (Å²) in [5, 5.41) is 0. The third-order valence-corrected chi connectivity index (χ3v) is 5.35. The van der Waals surface area contributed by atoms with Gasteiger partial charge in [0, 0.05) is 18.6 Å². The Morgan fingerprint density at radius 1 is 1.37 bits per heavy atom. The number of hydrogen-bond donors (Lipinski definition) is 0. The number of ether oxygens (including phenoxy) is 1. The minimum absolute atomic E-state index is 0.131. The molecule has 1 amide bonds. The van der Waals surface area contributed by atoms with Crippen LogP contribution in [0.25, 0.3) is 0 Å². The van der Waals surface area contributed by atoms with Gasteiger partial charge in [0.25, 0.3) is 0 Å². The number of rotatable bonds is 5. The lowest BCUT2D eigenvalue weighted by atomic mass is 10.1. The SMILES string of the molecule is CS(=O)(=O)SCCN1C(=O)OC[C@@H]1c1ccccc1. The van der Waals surface area contributed by atoms with Crippen LogP contribution < -0.4 is 0 Å². The van der Waals surface area contributed by atoms with E-state index in [1.54, 1.807) is 4.90 Å². The predicted molar refractivity (Wildman–Crippen MR) is 74.5 cm³/mol. The molecule has 0 unspecified atom stereocenters. The fraction of sp³-hybridized carbons (Fsp3) is 0.417. The zero-order chi connectivity index (χ0) is 13.9. The molecule has 1 aliphatic rings. The summed E-state index contributed by atoms with van der Waals surface area (Å²) in [6.45, 7) is 0.669. The van der Waals surface area contributed by atoms with E-state index in [2.05, 4.69) is 0 Å². The number of nitrogens with zero attached hydrogens (tertiary/aromatic N) is 1. The summed E-state index contributed by atoms with van der Waals surface area (Å²) in [6.07, 6.45) is 0.775. The van der Waals surface area contributed by atoms with E-state index in [0.717, 1.165) is 22.6 Å². The highest BCUT2D eigenvalue weighted by atomic mass is 33.1. The number of carbonyl (C=O) groups excluding carboxylic acids is 1. The first-order chi connectivity index (χ1) is 8.97. The maximum absolute atomic E-state index is 11.7. The molecule has 104 valence electrons. The molecule has 0 aromatic heterocycles. The lowest BCUT2D eigenvalue weighted by Crippen LogP contribution is -2.30. The van der Waals surface area contributed by atoms with Crippen molar-refractivity contribution < 1.29 is 17.9 Å². The molecule has 1 heterocycles. The average molecular weight is 301 g/mol. The van der Waals surface area contributed by atoms with Gasteiger partial charge < -0.3 is 4.74 Å². The second kappa shape index (κ2) is 5.83. The fourth-order valence-corrected chi connectivity index (χ4v) is 3.64. The summed E-state index contributed by atoms with van der Waals surface area (Å²) in [5.41, 5.74) is 0.998. The molecule has 1 fully saturated rings. The fourth-order valence-electron chi connectivity index (χ4n) is 1.94. The predicted octanol–water partition coefficient (Wildman–Crippen LogP) is 1.87. The molecule has 19 heavy (non-hydrogen) atoms. The number of benzene rings is 1. The number of carbonyl (C=O) groups is 1. The van der Waals surface area contributed by atoms with E-state index < -0.39 is 8.87 Å². The van der Waals surface area contributed by atoms with E-state index in [1.165, 1.54) is 0 Å². The van der Waals surface area contributed by atoms with E-state index in [0.29, 0.717) is 18.9 Å². The maximum Gasteiger partial charge on any atom is 0.410 e. The second-order valence-electron chi connectivity index (χ2n) is 4.22. The largest absolute Gasteiger partial charge is 0.447 e. The van der Waals surface area contributed by atoms with E-state index in [9.17, 15) is 13.2 Å². The Morgan fingerprint density at radius 3 is 2.68 bits per heavy atom. The number of amides is 1. The molecule has 1 atom stereocenters. The van der Waals surface area contributed by atoms with Crippen LogP contribution in [0.3, 0.4) is 0 Å². The van der Waals surface area contributed by atoms with Crippen LogP contribution in [0.4, 0.5) is 4.79 Å². The van der Waals surface area contributed by atoms with Crippen LogP contribution in [0.15, 0.2) is 30.3 Å². The van der Waals surface area contributed by atoms with Crippen molar-refractivity contribution in [1.29, 1.82) is 0 Å². The Bertz CT molecular complexity index is 544. The van der Waals surface area contributed by atoms with E-state index in [-0.39, 0.29) is 12.1 Å². The highest BCUT2D eigenvalue weighted by Crippen LogP contribution is 2.27. The molecule has 0 radical (unpaired) electrons. The molecule has 0 N–H and O–H groups in total. The Hall–Kier alpha value is -1.21. The van der Waals surface area contributed by atoms with Crippen LogP contribution in [-0.2, 0) is 13.6 Å². The Labute approximate surface area is 116 Å². The number of hydrogen-bond acceptors (Lipinski definition) is 5. The Morgan fingerprint density at radius 2 is 2.05 bits per heavy atom. The topological polar surface area (TPSA) is 63.7 Å². The summed E-state index contributed by atoms with van der Waals surface area (Å²) in [7, 11) is -2.24. The van der Waals surface area contributed by atoms with Crippen LogP contribution in [0, 0.1) is 0 Å². The van der Waals surface area contributed by atoms with Crippen molar-refractivity contribution in [2.75, 3.05) is 25.2 Å². The maximum atomic E-state index is 11.7. The van der Waals surface area contributed by atoms with Gasteiger partial charge in [-0.3, -0.25) is 4.90 Å². The summed E-state index contributed by atoms with van der Waals surface area (Å²) < 4.78 is 27.2. The third-order valence-electron chi connectivity index (χ3n) is 2.79. The van der Waals surface area contributed by atoms with Gasteiger partial charge in [0.2, 0.25) is 0 Å². The first kappa shape index (κ1) is 14.2. The van der Waals surface area contributed by atoms with Crippen molar-refractivity contribution in [3.05, 3.63) is 35.9 Å². The molecule has 0 saturated carbocycles. The van der Waals surface area contributed by atoms with Gasteiger partial charge in [-0.05, 0) is 16.4 Å². The lowest BCUT2D eigenvalue weighted by molar-refractivity contribution is 0.159. The van der Waals surface area contributed by atoms with Gasteiger partial charge in [0.05, 0.1) is 6.04 Å². The van der Waals surface area contributed by atoms with Gasteiger partial charge in [0.15, 0.2) is 8.87 Å². The van der Waals surface area contributed by atoms with E-state index >= 15 is 0 Å². The van der Waals surface area contributed by atoms with E-state index in [4.69, 9.17) is 4.74 Å². The average Bonchev–Trinajstić information content (AvgIpc) is 2.71. The lowest BCUT2D eigenvalue weighted by Gasteiger charge is -2.21. The zero-order valence-corrected chi connectivity index (χ0v) is 12.1. The highest BCUT2D eigenvalue weighted by Gasteiger charge is 2.33. The van der Waals surface area contributed by atoms with Gasteiger partial charge in [-0.25, -0.2) is 13.2 Å². The molecule has 2 rings (SSSR count). The summed E-state index contributed by atoms with van der Waals surface area (Å²) >= 11 is 0. The molecule has 0 spiro atoms. The van der Waals surface area contributed by atoms with Crippen LogP contribution >= 0.6 is 10.8 Å². The van der Waals surface area contributed by atoms with Crippen molar-refractivity contribution in [3.63, 3.8) is 0 Å². The van der Waals surface area contributed by atoms with Gasteiger partial charge in [-0.2, -0.15) is 0 Å². The minimum atomic E-state index is -3.08. The van der Waals surface area contributed by atoms with Crippen LogP contribution in [0.5, 0.6) is 0 Å². The summed E-state index contributed by atoms with van der Waals surface area (Å²) in [6, 6.07) is 9.45. The van der Waals surface area contributed by atoms with Gasteiger partial charge in [-0.15, -0.1) is 0 Å². The molecule has 1 aliphatic heterocycles. The van der Waals surface area contributed by atoms with Crippen LogP contribution in [0.2, 0.25) is 0 Å². The molecular formula is C12H15NO4S2. The smallest absolute Gasteiger partial charge is 0.410 e. The molecular weight excluding hydrogens is 286 g/mol. The van der Waals surface area contributed by atoms with Crippen LogP contribution in [0.1, 0.15) is 11.6 Å². The van der Waals surface area contributed by atoms with Gasteiger partial charge in [0.1, 0.15) is 6.61 Å². The molecule has 1 aromatic rings. The Balaban J connectivity index is 2.02. The normalized spacial score (nSPS) is 19.5. The molecule has 1 saturated heterocycles. The monoisotopic (exact) mass is 301 g/mol. The minimum Gasteiger partial charge on any atom is -0.447 e. The number of cyclic esters (lactones) is 1. The van der Waals surface area contributed by atoms with Gasteiger partial charge >= 0.3 is 6.09 Å². The highest BCUT2D eigenvalue weighted by molar-refractivity contribution is 8.71. The first-order valence-corrected chi connectivity index (χ1v) is 9.19.